The van der Waals surface area contributed by atoms with Crippen LogP contribution in [0.4, 0.5) is 13.2 Å². The van der Waals surface area contributed by atoms with Crippen molar-refractivity contribution in [3.8, 4) is 6.19 Å². The second-order valence-corrected chi connectivity index (χ2v) is 17.2. The van der Waals surface area contributed by atoms with Crippen LogP contribution in [-0.2, 0) is 26.8 Å². The van der Waals surface area contributed by atoms with E-state index in [0.29, 0.717) is 39.6 Å². The Kier molecular flexibility index (Phi) is 24.4. The SMILES string of the molecule is C[Si](C)(C)OS(=O)(=O)C(F)(F)F.Cl.N#CN=C(N)N.NC(N)=NC(N)=NCCc1ccc(Cl)c(Cl)c1.NCCc1ccc(Cl)c(Cl)c1. The Hall–Kier alpha value is -2.73. The molecule has 0 radical (unpaired) electrons. The van der Waals surface area contributed by atoms with Crippen molar-refractivity contribution in [3.05, 3.63) is 67.6 Å². The Morgan fingerprint density at radius 3 is 1.60 bits per heavy atom. The second kappa shape index (κ2) is 23.6. The summed E-state index contributed by atoms with van der Waals surface area (Å²) in [5, 5.41) is 9.87. The Morgan fingerprint density at radius 1 is 0.872 bits per heavy atom. The maximum absolute atomic E-state index is 11.7. The van der Waals surface area contributed by atoms with Crippen molar-refractivity contribution in [2.75, 3.05) is 13.1 Å². The molecule has 0 spiro atoms. The largest absolute Gasteiger partial charge is 0.522 e. The summed E-state index contributed by atoms with van der Waals surface area (Å²) in [5.74, 6) is -0.247. The summed E-state index contributed by atoms with van der Waals surface area (Å²) in [6.45, 7) is 5.18. The molecule has 0 bridgehead atoms. The molecule has 266 valence electrons. The predicted molar refractivity (Wildman–Crippen MR) is 190 cm³/mol. The van der Waals surface area contributed by atoms with Crippen molar-refractivity contribution in [3.63, 3.8) is 0 Å². The first-order valence-electron chi connectivity index (χ1n) is 12.4. The molecule has 0 unspecified atom stereocenters. The van der Waals surface area contributed by atoms with Crippen molar-refractivity contribution in [1.82, 2.24) is 0 Å². The summed E-state index contributed by atoms with van der Waals surface area (Å²) in [6.07, 6.45) is 2.93. The van der Waals surface area contributed by atoms with Gasteiger partial charge in [0.1, 0.15) is 0 Å². The fourth-order valence-electron chi connectivity index (χ4n) is 2.46. The minimum atomic E-state index is -5.39. The van der Waals surface area contributed by atoms with E-state index in [9.17, 15) is 21.6 Å². The lowest BCUT2D eigenvalue weighted by atomic mass is 10.1. The van der Waals surface area contributed by atoms with Crippen molar-refractivity contribution in [2.45, 2.75) is 38.0 Å². The molecule has 12 N–H and O–H groups in total. The molecule has 0 saturated heterocycles. The quantitative estimate of drug-likeness (QED) is 0.0752. The van der Waals surface area contributed by atoms with Gasteiger partial charge in [0, 0.05) is 6.54 Å². The van der Waals surface area contributed by atoms with Crippen LogP contribution >= 0.6 is 58.8 Å². The molecule has 0 heterocycles. The third kappa shape index (κ3) is 25.0. The van der Waals surface area contributed by atoms with E-state index in [2.05, 4.69) is 18.8 Å². The smallest absolute Gasteiger partial charge is 0.370 e. The van der Waals surface area contributed by atoms with E-state index in [1.165, 1.54) is 25.8 Å². The van der Waals surface area contributed by atoms with Crippen LogP contribution in [0.15, 0.2) is 51.4 Å². The Bertz CT molecular complexity index is 1500. The van der Waals surface area contributed by atoms with Crippen LogP contribution in [0.1, 0.15) is 11.1 Å². The minimum absolute atomic E-state index is 0. The molecule has 2 rings (SSSR count). The second-order valence-electron chi connectivity index (χ2n) is 9.29. The molecule has 0 aliphatic rings. The van der Waals surface area contributed by atoms with Gasteiger partial charge in [0.2, 0.25) is 26.4 Å². The summed E-state index contributed by atoms with van der Waals surface area (Å²) >= 11 is 23.2. The Morgan fingerprint density at radius 2 is 1.32 bits per heavy atom. The summed E-state index contributed by atoms with van der Waals surface area (Å²) < 4.78 is 59.7. The van der Waals surface area contributed by atoms with E-state index in [4.69, 9.17) is 86.1 Å². The highest BCUT2D eigenvalue weighted by atomic mass is 35.5. The molecule has 0 aliphatic carbocycles. The number of nitrogens with two attached hydrogens (primary N) is 6. The number of hydrogen-bond donors (Lipinski definition) is 6. The molecule has 2 aromatic rings. The van der Waals surface area contributed by atoms with Crippen LogP contribution in [-0.4, -0.2) is 53.2 Å². The van der Waals surface area contributed by atoms with Crippen LogP contribution in [0.5, 0.6) is 0 Å². The number of hydrogen-bond acceptors (Lipinski definition) is 7. The van der Waals surface area contributed by atoms with Crippen molar-refractivity contribution < 1.29 is 25.5 Å². The zero-order valence-corrected chi connectivity index (χ0v) is 30.9. The number of aliphatic imine (C=N–C) groups is 3. The van der Waals surface area contributed by atoms with Crippen LogP contribution in [0.25, 0.3) is 0 Å². The van der Waals surface area contributed by atoms with E-state index in [-0.39, 0.29) is 30.3 Å². The molecule has 2 aromatic carbocycles. The van der Waals surface area contributed by atoms with Crippen LogP contribution in [0.3, 0.4) is 0 Å². The van der Waals surface area contributed by atoms with Gasteiger partial charge in [-0.2, -0.15) is 31.8 Å². The van der Waals surface area contributed by atoms with Gasteiger partial charge in [-0.25, -0.2) is 0 Å². The maximum Gasteiger partial charge on any atom is 0.522 e. The lowest BCUT2D eigenvalue weighted by molar-refractivity contribution is -0.0503. The fraction of sp³-hybridized carbons (Fsp3) is 0.333. The molecular formula is C24H36Cl5F3N10O3SSi. The fourth-order valence-corrected chi connectivity index (χ4v) is 6.11. The molecular weight excluding hydrogens is 771 g/mol. The zero-order chi connectivity index (χ0) is 36.3. The number of benzene rings is 2. The van der Waals surface area contributed by atoms with Crippen LogP contribution in [0.2, 0.25) is 39.7 Å². The van der Waals surface area contributed by atoms with Crippen LogP contribution in [0, 0.1) is 11.5 Å². The number of rotatable bonds is 7. The van der Waals surface area contributed by atoms with Crippen LogP contribution < -0.4 is 34.4 Å². The van der Waals surface area contributed by atoms with Gasteiger partial charge in [-0.05, 0) is 74.4 Å². The highest BCUT2D eigenvalue weighted by Gasteiger charge is 2.49. The lowest BCUT2D eigenvalue weighted by Crippen LogP contribution is -2.36. The monoisotopic (exact) mass is 804 g/mol. The van der Waals surface area contributed by atoms with Gasteiger partial charge in [0.15, 0.2) is 5.96 Å². The molecule has 47 heavy (non-hydrogen) atoms. The highest BCUT2D eigenvalue weighted by Crippen LogP contribution is 2.27. The highest BCUT2D eigenvalue weighted by molar-refractivity contribution is 7.88. The maximum atomic E-state index is 11.7. The minimum Gasteiger partial charge on any atom is -0.370 e. The first-order chi connectivity index (χ1) is 20.9. The Balaban J connectivity index is -0.000000576. The van der Waals surface area contributed by atoms with Gasteiger partial charge in [0.25, 0.3) is 0 Å². The molecule has 0 fully saturated rings. The van der Waals surface area contributed by atoms with E-state index in [1.54, 1.807) is 18.2 Å². The van der Waals surface area contributed by atoms with Gasteiger partial charge in [-0.3, -0.25) is 4.99 Å². The van der Waals surface area contributed by atoms with Crippen molar-refractivity contribution >= 4 is 95.1 Å². The predicted octanol–water partition coefficient (Wildman–Crippen LogP) is 4.47. The number of halogens is 8. The topological polar surface area (TPSA) is 260 Å². The van der Waals surface area contributed by atoms with E-state index < -0.39 is 23.9 Å². The molecule has 0 aliphatic heterocycles. The number of nitriles is 1. The number of alkyl halides is 3. The van der Waals surface area contributed by atoms with Gasteiger partial charge >= 0.3 is 15.6 Å². The summed E-state index contributed by atoms with van der Waals surface area (Å²) in [6, 6.07) is 11.0. The zero-order valence-electron chi connectivity index (χ0n) is 25.2. The summed E-state index contributed by atoms with van der Waals surface area (Å²) in [5.41, 5.74) is 27.4. The normalized spacial score (nSPS) is 11.0. The van der Waals surface area contributed by atoms with Gasteiger partial charge in [-0.15, -0.1) is 17.4 Å². The lowest BCUT2D eigenvalue weighted by Gasteiger charge is -2.17. The molecule has 23 heteroatoms. The molecule has 13 nitrogen and oxygen atoms in total. The molecule has 0 amide bonds. The van der Waals surface area contributed by atoms with Gasteiger partial charge in [-0.1, -0.05) is 58.5 Å². The van der Waals surface area contributed by atoms with Gasteiger partial charge < -0.3 is 38.3 Å². The van der Waals surface area contributed by atoms with Crippen molar-refractivity contribution in [2.24, 2.45) is 49.4 Å². The average molecular weight is 807 g/mol. The van der Waals surface area contributed by atoms with Crippen molar-refractivity contribution in [1.29, 1.82) is 5.26 Å². The third-order valence-electron chi connectivity index (χ3n) is 4.14. The van der Waals surface area contributed by atoms with E-state index in [0.717, 1.165) is 17.5 Å². The molecule has 0 aromatic heterocycles. The molecule has 0 saturated carbocycles. The van der Waals surface area contributed by atoms with E-state index >= 15 is 0 Å². The third-order valence-corrected chi connectivity index (χ3v) is 9.06. The summed E-state index contributed by atoms with van der Waals surface area (Å²) in [7, 11) is -8.10. The first-order valence-corrected chi connectivity index (χ1v) is 18.8. The summed E-state index contributed by atoms with van der Waals surface area (Å²) in [4.78, 5) is 10.5. The standard InChI is InChI=1S/C10H13Cl2N5.C8H9Cl2N.C4H9F3O3SSi.C2H4N4.ClH/c11-7-2-1-6(5-8(7)12)3-4-16-10(15)17-9(13)14;9-7-2-1-6(3-4-11)5-8(7)10;1-12(2,3)10-11(8,9)4(5,6)7;3-1-6-2(4)5;/h1-2,5H,3-4H2,(H6,13,14,15,16,17);1-2,5H,3-4,11H2;1-3H3;(H4,4,5,6);1H. The number of nitrogens with zero attached hydrogens (tertiary/aromatic N) is 4. The number of guanidine groups is 3. The average Bonchev–Trinajstić information content (AvgIpc) is 2.87. The first kappa shape index (κ1) is 48.7. The van der Waals surface area contributed by atoms with Gasteiger partial charge in [0.05, 0.1) is 20.1 Å². The molecule has 0 atom stereocenters. The van der Waals surface area contributed by atoms with E-state index in [1.807, 2.05) is 18.2 Å². The Labute approximate surface area is 298 Å².